The second-order valence-corrected chi connectivity index (χ2v) is 5.14. The van der Waals surface area contributed by atoms with E-state index in [9.17, 15) is 4.79 Å². The molecule has 0 spiro atoms. The number of piperidine rings is 1. The lowest BCUT2D eigenvalue weighted by Crippen LogP contribution is -2.38. The average molecular weight is 275 g/mol. The summed E-state index contributed by atoms with van der Waals surface area (Å²) in [5, 5.41) is 3.82. The minimum absolute atomic E-state index is 0.0383. The third-order valence-corrected chi connectivity index (χ3v) is 3.76. The Labute approximate surface area is 116 Å². The van der Waals surface area contributed by atoms with Crippen molar-refractivity contribution in [1.82, 2.24) is 15.0 Å². The number of aryl methyl sites for hydroxylation is 2. The first-order chi connectivity index (χ1) is 9.65. The van der Waals surface area contributed by atoms with Gasteiger partial charge in [-0.1, -0.05) is 5.16 Å². The first-order valence-electron chi connectivity index (χ1n) is 6.78. The van der Waals surface area contributed by atoms with E-state index in [2.05, 4.69) is 10.1 Å². The highest BCUT2D eigenvalue weighted by molar-refractivity contribution is 5.95. The summed E-state index contributed by atoms with van der Waals surface area (Å²) >= 11 is 0. The normalized spacial score (nSPS) is 16.6. The second kappa shape index (κ2) is 5.11. The first-order valence-corrected chi connectivity index (χ1v) is 6.78. The summed E-state index contributed by atoms with van der Waals surface area (Å²) < 4.78 is 10.4. The Morgan fingerprint density at radius 1 is 1.35 bits per heavy atom. The van der Waals surface area contributed by atoms with Crippen molar-refractivity contribution in [3.05, 3.63) is 35.4 Å². The topological polar surface area (TPSA) is 72.4 Å². The zero-order valence-electron chi connectivity index (χ0n) is 11.6. The van der Waals surface area contributed by atoms with Gasteiger partial charge in [-0.3, -0.25) is 4.79 Å². The van der Waals surface area contributed by atoms with Gasteiger partial charge in [-0.15, -0.1) is 0 Å². The molecule has 2 aromatic heterocycles. The average Bonchev–Trinajstić information content (AvgIpc) is 3.07. The van der Waals surface area contributed by atoms with Crippen LogP contribution in [0.15, 0.2) is 21.3 Å². The van der Waals surface area contributed by atoms with Gasteiger partial charge in [-0.2, -0.15) is 4.98 Å². The van der Waals surface area contributed by atoms with Crippen LogP contribution in [0.4, 0.5) is 0 Å². The van der Waals surface area contributed by atoms with Crippen LogP contribution in [0.1, 0.15) is 46.6 Å². The van der Waals surface area contributed by atoms with Gasteiger partial charge in [0.15, 0.2) is 5.82 Å². The maximum Gasteiger partial charge on any atom is 0.257 e. The van der Waals surface area contributed by atoms with Crippen molar-refractivity contribution in [2.24, 2.45) is 0 Å². The van der Waals surface area contributed by atoms with Gasteiger partial charge >= 0.3 is 0 Å². The molecule has 0 saturated carbocycles. The van der Waals surface area contributed by atoms with Crippen molar-refractivity contribution in [1.29, 1.82) is 0 Å². The van der Waals surface area contributed by atoms with Crippen molar-refractivity contribution in [3.63, 3.8) is 0 Å². The Morgan fingerprint density at radius 3 is 2.65 bits per heavy atom. The molecule has 1 saturated heterocycles. The molecular weight excluding hydrogens is 258 g/mol. The molecule has 1 aliphatic rings. The van der Waals surface area contributed by atoms with Crippen LogP contribution in [0.25, 0.3) is 0 Å². The lowest BCUT2D eigenvalue weighted by atomic mass is 9.96. The first kappa shape index (κ1) is 12.9. The SMILES string of the molecule is Cc1noc(C2CCN(C(=O)c3ccoc3C)CC2)n1. The molecule has 0 atom stereocenters. The minimum atomic E-state index is 0.0383. The summed E-state index contributed by atoms with van der Waals surface area (Å²) in [7, 11) is 0. The van der Waals surface area contributed by atoms with Gasteiger partial charge in [0.2, 0.25) is 5.89 Å². The predicted molar refractivity (Wildman–Crippen MR) is 70.4 cm³/mol. The number of carbonyl (C=O) groups excluding carboxylic acids is 1. The summed E-state index contributed by atoms with van der Waals surface area (Å²) in [5.41, 5.74) is 0.650. The molecule has 1 amide bonds. The molecule has 0 unspecified atom stereocenters. The minimum Gasteiger partial charge on any atom is -0.469 e. The van der Waals surface area contributed by atoms with Crippen molar-refractivity contribution >= 4 is 5.91 Å². The molecule has 0 radical (unpaired) electrons. The van der Waals surface area contributed by atoms with Crippen LogP contribution < -0.4 is 0 Å². The summed E-state index contributed by atoms with van der Waals surface area (Å²) in [6.07, 6.45) is 3.26. The van der Waals surface area contributed by atoms with Gasteiger partial charge in [0, 0.05) is 19.0 Å². The van der Waals surface area contributed by atoms with E-state index in [1.54, 1.807) is 19.3 Å². The van der Waals surface area contributed by atoms with Crippen LogP contribution in [0.3, 0.4) is 0 Å². The van der Waals surface area contributed by atoms with Gasteiger partial charge in [0.1, 0.15) is 5.76 Å². The largest absolute Gasteiger partial charge is 0.469 e. The standard InChI is InChI=1S/C14H17N3O3/c1-9-12(5-8-19-9)14(18)17-6-3-11(4-7-17)13-15-10(2)16-20-13/h5,8,11H,3-4,6-7H2,1-2H3. The second-order valence-electron chi connectivity index (χ2n) is 5.14. The van der Waals surface area contributed by atoms with E-state index in [1.807, 2.05) is 11.8 Å². The molecule has 3 rings (SSSR count). The number of furan rings is 1. The highest BCUT2D eigenvalue weighted by Gasteiger charge is 2.28. The van der Waals surface area contributed by atoms with E-state index >= 15 is 0 Å². The maximum absolute atomic E-state index is 12.3. The van der Waals surface area contributed by atoms with E-state index in [0.29, 0.717) is 36.1 Å². The summed E-state index contributed by atoms with van der Waals surface area (Å²) in [6, 6.07) is 1.73. The summed E-state index contributed by atoms with van der Waals surface area (Å²) in [4.78, 5) is 18.5. The number of carbonyl (C=O) groups is 1. The lowest BCUT2D eigenvalue weighted by Gasteiger charge is -2.30. The van der Waals surface area contributed by atoms with Crippen LogP contribution in [-0.2, 0) is 0 Å². The molecule has 6 heteroatoms. The molecule has 0 N–H and O–H groups in total. The highest BCUT2D eigenvalue weighted by Crippen LogP contribution is 2.27. The van der Waals surface area contributed by atoms with E-state index in [0.717, 1.165) is 12.8 Å². The molecule has 3 heterocycles. The van der Waals surface area contributed by atoms with Crippen LogP contribution in [-0.4, -0.2) is 34.0 Å². The number of rotatable bonds is 2. The van der Waals surface area contributed by atoms with Crippen LogP contribution in [0.5, 0.6) is 0 Å². The van der Waals surface area contributed by atoms with Gasteiger partial charge in [-0.25, -0.2) is 0 Å². The summed E-state index contributed by atoms with van der Waals surface area (Å²) in [6.45, 7) is 5.03. The van der Waals surface area contributed by atoms with Crippen LogP contribution >= 0.6 is 0 Å². The van der Waals surface area contributed by atoms with E-state index in [-0.39, 0.29) is 11.8 Å². The molecule has 20 heavy (non-hydrogen) atoms. The van der Waals surface area contributed by atoms with Gasteiger partial charge in [0.05, 0.1) is 11.8 Å². The zero-order chi connectivity index (χ0) is 14.1. The van der Waals surface area contributed by atoms with Gasteiger partial charge in [-0.05, 0) is 32.8 Å². The van der Waals surface area contributed by atoms with Crippen LogP contribution in [0, 0.1) is 13.8 Å². The third-order valence-electron chi connectivity index (χ3n) is 3.76. The zero-order valence-corrected chi connectivity index (χ0v) is 11.6. The Kier molecular flexibility index (Phi) is 3.30. The van der Waals surface area contributed by atoms with Crippen molar-refractivity contribution in [3.8, 4) is 0 Å². The van der Waals surface area contributed by atoms with Crippen molar-refractivity contribution in [2.45, 2.75) is 32.6 Å². The smallest absolute Gasteiger partial charge is 0.257 e. The molecule has 1 aliphatic heterocycles. The maximum atomic E-state index is 12.3. The predicted octanol–water partition coefficient (Wildman–Crippen LogP) is 2.30. The number of hydrogen-bond acceptors (Lipinski definition) is 5. The molecule has 2 aromatic rings. The molecule has 0 aromatic carbocycles. The van der Waals surface area contributed by atoms with Crippen molar-refractivity contribution in [2.75, 3.05) is 13.1 Å². The molecule has 1 fully saturated rings. The van der Waals surface area contributed by atoms with E-state index in [4.69, 9.17) is 8.94 Å². The Bertz CT molecular complexity index is 609. The number of hydrogen-bond donors (Lipinski definition) is 0. The quantitative estimate of drug-likeness (QED) is 0.840. The number of nitrogens with zero attached hydrogens (tertiary/aromatic N) is 3. The van der Waals surface area contributed by atoms with Crippen LogP contribution in [0.2, 0.25) is 0 Å². The number of aromatic nitrogens is 2. The fraction of sp³-hybridized carbons (Fsp3) is 0.500. The molecular formula is C14H17N3O3. The monoisotopic (exact) mass is 275 g/mol. The molecule has 6 nitrogen and oxygen atoms in total. The number of likely N-dealkylation sites (tertiary alicyclic amines) is 1. The Morgan fingerprint density at radius 2 is 2.10 bits per heavy atom. The molecule has 106 valence electrons. The lowest BCUT2D eigenvalue weighted by molar-refractivity contribution is 0.0703. The fourth-order valence-electron chi connectivity index (χ4n) is 2.59. The highest BCUT2D eigenvalue weighted by atomic mass is 16.5. The van der Waals surface area contributed by atoms with Gasteiger partial charge < -0.3 is 13.8 Å². The summed E-state index contributed by atoms with van der Waals surface area (Å²) in [5.74, 6) is 2.31. The van der Waals surface area contributed by atoms with E-state index in [1.165, 1.54) is 0 Å². The Balaban J connectivity index is 1.64. The number of amides is 1. The molecule has 0 bridgehead atoms. The van der Waals surface area contributed by atoms with Crippen molar-refractivity contribution < 1.29 is 13.7 Å². The third kappa shape index (κ3) is 2.33. The van der Waals surface area contributed by atoms with E-state index < -0.39 is 0 Å². The fourth-order valence-corrected chi connectivity index (χ4v) is 2.59. The van der Waals surface area contributed by atoms with Gasteiger partial charge in [0.25, 0.3) is 5.91 Å². The molecule has 0 aliphatic carbocycles. The Hall–Kier alpha value is -2.11.